The van der Waals surface area contributed by atoms with E-state index < -0.39 is 9.84 Å². The maximum atomic E-state index is 11.7. The molecule has 0 aliphatic rings. The normalized spacial score (nSPS) is 11.6. The second kappa shape index (κ2) is 12.7. The second-order valence-electron chi connectivity index (χ2n) is 9.68. The third-order valence-corrected chi connectivity index (χ3v) is 8.58. The molecule has 5 rings (SSSR count). The van der Waals surface area contributed by atoms with Gasteiger partial charge in [-0.25, -0.2) is 18.4 Å². The van der Waals surface area contributed by atoms with Gasteiger partial charge in [0.05, 0.1) is 22.8 Å². The van der Waals surface area contributed by atoms with Gasteiger partial charge in [-0.3, -0.25) is 0 Å². The van der Waals surface area contributed by atoms with Crippen molar-refractivity contribution in [2.45, 2.75) is 27.0 Å². The summed E-state index contributed by atoms with van der Waals surface area (Å²) < 4.78 is 35.3. The highest BCUT2D eigenvalue weighted by Crippen LogP contribution is 2.32. The van der Waals surface area contributed by atoms with Crippen molar-refractivity contribution in [3.05, 3.63) is 101 Å². The molecule has 0 saturated carbocycles. The highest BCUT2D eigenvalue weighted by atomic mass is 35.5. The molecule has 212 valence electrons. The average Bonchev–Trinajstić information content (AvgIpc) is 3.44. The Hall–Kier alpha value is -3.92. The molecule has 0 unspecified atom stereocenters. The first-order valence-electron chi connectivity index (χ1n) is 13.3. The average molecular weight is 591 g/mol. The predicted octanol–water partition coefficient (Wildman–Crippen LogP) is 6.70. The molecule has 2 N–H and O–H groups in total. The highest BCUT2D eigenvalue weighted by molar-refractivity contribution is 7.91. The fourth-order valence-electron chi connectivity index (χ4n) is 4.32. The summed E-state index contributed by atoms with van der Waals surface area (Å²) in [5.74, 6) is 2.89. The number of hydrogen-bond donors (Lipinski definition) is 2. The Morgan fingerprint density at radius 1 is 1.00 bits per heavy atom. The van der Waals surface area contributed by atoms with Crippen molar-refractivity contribution in [1.82, 2.24) is 15.3 Å². The molecule has 10 heteroatoms. The molecule has 41 heavy (non-hydrogen) atoms. The number of sulfone groups is 1. The Kier molecular flexibility index (Phi) is 8.87. The largest absolute Gasteiger partial charge is 0.487 e. The van der Waals surface area contributed by atoms with Gasteiger partial charge in [0.1, 0.15) is 36.0 Å². The van der Waals surface area contributed by atoms with E-state index in [4.69, 9.17) is 20.8 Å². The Morgan fingerprint density at radius 3 is 2.68 bits per heavy atom. The quantitative estimate of drug-likeness (QED) is 0.155. The molecule has 3 aromatic carbocycles. The molecule has 0 atom stereocenters. The lowest BCUT2D eigenvalue weighted by Crippen LogP contribution is -2.23. The van der Waals surface area contributed by atoms with E-state index in [2.05, 4.69) is 26.7 Å². The summed E-state index contributed by atoms with van der Waals surface area (Å²) in [5, 5.41) is 7.79. The fraction of sp³-hybridized carbons (Fsp3) is 0.226. The van der Waals surface area contributed by atoms with Crippen molar-refractivity contribution in [3.8, 4) is 17.1 Å². The topological polar surface area (TPSA) is 106 Å². The van der Waals surface area contributed by atoms with Crippen LogP contribution in [0.5, 0.6) is 5.75 Å². The van der Waals surface area contributed by atoms with Crippen molar-refractivity contribution in [1.29, 1.82) is 0 Å². The number of rotatable bonds is 12. The number of benzene rings is 3. The zero-order valence-electron chi connectivity index (χ0n) is 22.9. The standard InChI is InChI=1S/C31H31ClN4O4S/c1-3-41(37,38)14-13-33-18-25-9-12-29(40-25)23-7-10-28-26(16-23)31(35-20-34-28)36-24-8-11-30(27(32)17-24)39-19-22-6-4-5-21(2)15-22/h4-12,15-17,20,33H,3,13-14,18-19H2,1-2H3,(H,34,35,36). The van der Waals surface area contributed by atoms with Crippen molar-refractivity contribution in [2.75, 3.05) is 23.4 Å². The third-order valence-electron chi connectivity index (χ3n) is 6.58. The van der Waals surface area contributed by atoms with Gasteiger partial charge in [-0.2, -0.15) is 0 Å². The summed E-state index contributed by atoms with van der Waals surface area (Å²) in [6.45, 7) is 4.94. The number of fused-ring (bicyclic) bond motifs is 1. The number of nitrogens with zero attached hydrogens (tertiary/aromatic N) is 2. The van der Waals surface area contributed by atoms with Crippen molar-refractivity contribution >= 4 is 43.8 Å². The summed E-state index contributed by atoms with van der Waals surface area (Å²) in [7, 11) is -3.00. The molecule has 0 radical (unpaired) electrons. The zero-order valence-corrected chi connectivity index (χ0v) is 24.4. The van der Waals surface area contributed by atoms with E-state index in [1.54, 1.807) is 6.92 Å². The maximum absolute atomic E-state index is 11.7. The van der Waals surface area contributed by atoms with Gasteiger partial charge in [0.15, 0.2) is 9.84 Å². The molecule has 0 aliphatic heterocycles. The SMILES string of the molecule is CCS(=O)(=O)CCNCc1ccc(-c2ccc3ncnc(Nc4ccc(OCc5cccc(C)c5)c(Cl)c4)c3c2)o1. The Bertz CT molecular complexity index is 1770. The molecule has 0 amide bonds. The first-order chi connectivity index (χ1) is 19.8. The van der Waals surface area contributed by atoms with Gasteiger partial charge >= 0.3 is 0 Å². The molecular weight excluding hydrogens is 560 g/mol. The van der Waals surface area contributed by atoms with Crippen LogP contribution in [0.25, 0.3) is 22.2 Å². The van der Waals surface area contributed by atoms with E-state index in [1.165, 1.54) is 11.9 Å². The van der Waals surface area contributed by atoms with Crippen LogP contribution in [0.15, 0.2) is 83.5 Å². The van der Waals surface area contributed by atoms with E-state index in [9.17, 15) is 8.42 Å². The number of aromatic nitrogens is 2. The van der Waals surface area contributed by atoms with Crippen LogP contribution in [0.2, 0.25) is 5.02 Å². The molecule has 0 spiro atoms. The number of aryl methyl sites for hydroxylation is 1. The number of anilines is 2. The van der Waals surface area contributed by atoms with Crippen LogP contribution in [0.1, 0.15) is 23.8 Å². The van der Waals surface area contributed by atoms with Crippen LogP contribution in [0.4, 0.5) is 11.5 Å². The van der Waals surface area contributed by atoms with Crippen LogP contribution in [-0.2, 0) is 23.0 Å². The first kappa shape index (κ1) is 28.6. The molecule has 0 bridgehead atoms. The van der Waals surface area contributed by atoms with Crippen molar-refractivity contribution in [2.24, 2.45) is 0 Å². The van der Waals surface area contributed by atoms with Gasteiger partial charge in [-0.15, -0.1) is 0 Å². The summed E-state index contributed by atoms with van der Waals surface area (Å²) in [4.78, 5) is 8.87. The smallest absolute Gasteiger partial charge is 0.151 e. The van der Waals surface area contributed by atoms with Crippen molar-refractivity contribution < 1.29 is 17.6 Å². The van der Waals surface area contributed by atoms with Gasteiger partial charge in [-0.1, -0.05) is 48.4 Å². The Balaban J connectivity index is 1.28. The predicted molar refractivity (Wildman–Crippen MR) is 164 cm³/mol. The molecule has 5 aromatic rings. The van der Waals surface area contributed by atoms with Gasteiger partial charge in [0.2, 0.25) is 0 Å². The number of furan rings is 1. The summed E-state index contributed by atoms with van der Waals surface area (Å²) in [6, 6.07) is 23.3. The van der Waals surface area contributed by atoms with Crippen LogP contribution in [0, 0.1) is 6.92 Å². The number of hydrogen-bond acceptors (Lipinski definition) is 8. The second-order valence-corrected chi connectivity index (χ2v) is 12.6. The zero-order chi connectivity index (χ0) is 28.8. The monoisotopic (exact) mass is 590 g/mol. The Labute approximate surface area is 244 Å². The van der Waals surface area contributed by atoms with Crippen LogP contribution in [-0.4, -0.2) is 36.4 Å². The lowest BCUT2D eigenvalue weighted by Gasteiger charge is -2.12. The van der Waals surface area contributed by atoms with Gasteiger partial charge in [0, 0.05) is 28.9 Å². The van der Waals surface area contributed by atoms with E-state index in [0.29, 0.717) is 42.0 Å². The lowest BCUT2D eigenvalue weighted by molar-refractivity contribution is 0.306. The van der Waals surface area contributed by atoms with Crippen LogP contribution < -0.4 is 15.4 Å². The minimum Gasteiger partial charge on any atom is -0.487 e. The number of ether oxygens (including phenoxy) is 1. The fourth-order valence-corrected chi connectivity index (χ4v) is 5.30. The first-order valence-corrected chi connectivity index (χ1v) is 15.5. The van der Waals surface area contributed by atoms with E-state index >= 15 is 0 Å². The molecular formula is C31H31ClN4O4S. The summed E-state index contributed by atoms with van der Waals surface area (Å²) in [6.07, 6.45) is 1.51. The minimum atomic E-state index is -3.00. The van der Waals surface area contributed by atoms with Crippen LogP contribution >= 0.6 is 11.6 Å². The number of halogens is 1. The molecule has 2 heterocycles. The molecule has 0 saturated heterocycles. The highest BCUT2D eigenvalue weighted by Gasteiger charge is 2.12. The minimum absolute atomic E-state index is 0.103. The summed E-state index contributed by atoms with van der Waals surface area (Å²) >= 11 is 6.55. The van der Waals surface area contributed by atoms with E-state index in [1.807, 2.05) is 73.7 Å². The van der Waals surface area contributed by atoms with E-state index in [0.717, 1.165) is 33.5 Å². The molecule has 0 fully saturated rings. The lowest BCUT2D eigenvalue weighted by atomic mass is 10.1. The maximum Gasteiger partial charge on any atom is 0.151 e. The van der Waals surface area contributed by atoms with E-state index in [-0.39, 0.29) is 11.5 Å². The molecule has 0 aliphatic carbocycles. The van der Waals surface area contributed by atoms with Gasteiger partial charge in [-0.05, 0) is 61.0 Å². The third kappa shape index (κ3) is 7.43. The Morgan fingerprint density at radius 2 is 1.88 bits per heavy atom. The van der Waals surface area contributed by atoms with Gasteiger partial charge in [0.25, 0.3) is 0 Å². The summed E-state index contributed by atoms with van der Waals surface area (Å²) in [5.41, 5.74) is 4.67. The molecule has 8 nitrogen and oxygen atoms in total. The van der Waals surface area contributed by atoms with Gasteiger partial charge < -0.3 is 19.8 Å². The number of nitrogens with one attached hydrogen (secondary N) is 2. The molecule has 2 aromatic heterocycles. The van der Waals surface area contributed by atoms with Crippen LogP contribution in [0.3, 0.4) is 0 Å². The van der Waals surface area contributed by atoms with Crippen molar-refractivity contribution in [3.63, 3.8) is 0 Å².